The van der Waals surface area contributed by atoms with Crippen molar-refractivity contribution in [3.05, 3.63) is 64.2 Å². The number of aryl methyl sites for hydroxylation is 1. The van der Waals surface area contributed by atoms with E-state index in [1.165, 1.54) is 0 Å². The number of benzene rings is 2. The molecule has 1 unspecified atom stereocenters. The zero-order valence-corrected chi connectivity index (χ0v) is 11.2. The molecule has 96 valence electrons. The van der Waals surface area contributed by atoms with Crippen LogP contribution in [0.4, 0.5) is 5.69 Å². The lowest BCUT2D eigenvalue weighted by molar-refractivity contribution is -0.119. The van der Waals surface area contributed by atoms with E-state index in [4.69, 9.17) is 17.3 Å². The summed E-state index contributed by atoms with van der Waals surface area (Å²) in [4.78, 5) is 12.3. The SMILES string of the molecule is Cc1ccccc1C1(N)C(=O)Nc2ccc(Cl)cc21. The fourth-order valence-corrected chi connectivity index (χ4v) is 2.75. The van der Waals surface area contributed by atoms with Gasteiger partial charge in [-0.2, -0.15) is 0 Å². The summed E-state index contributed by atoms with van der Waals surface area (Å²) >= 11 is 6.03. The van der Waals surface area contributed by atoms with E-state index in [0.29, 0.717) is 5.02 Å². The fourth-order valence-electron chi connectivity index (χ4n) is 2.58. The highest BCUT2D eigenvalue weighted by Crippen LogP contribution is 2.41. The molecule has 0 spiro atoms. The second-order valence-corrected chi connectivity index (χ2v) is 5.20. The average Bonchev–Trinajstić information content (AvgIpc) is 2.64. The molecule has 3 nitrogen and oxygen atoms in total. The van der Waals surface area contributed by atoms with Gasteiger partial charge in [0.1, 0.15) is 5.54 Å². The number of hydrogen-bond acceptors (Lipinski definition) is 2. The topological polar surface area (TPSA) is 55.1 Å². The minimum Gasteiger partial charge on any atom is -0.324 e. The van der Waals surface area contributed by atoms with E-state index >= 15 is 0 Å². The van der Waals surface area contributed by atoms with Gasteiger partial charge in [-0.15, -0.1) is 0 Å². The third-order valence-corrected chi connectivity index (χ3v) is 3.82. The van der Waals surface area contributed by atoms with Crippen LogP contribution in [-0.2, 0) is 10.3 Å². The highest BCUT2D eigenvalue weighted by molar-refractivity contribution is 6.31. The van der Waals surface area contributed by atoms with Gasteiger partial charge in [-0.05, 0) is 36.2 Å². The Kier molecular flexibility index (Phi) is 2.62. The van der Waals surface area contributed by atoms with Crippen molar-refractivity contribution in [1.82, 2.24) is 0 Å². The van der Waals surface area contributed by atoms with Gasteiger partial charge in [0.05, 0.1) is 0 Å². The number of carbonyl (C=O) groups excluding carboxylic acids is 1. The van der Waals surface area contributed by atoms with Gasteiger partial charge < -0.3 is 11.1 Å². The van der Waals surface area contributed by atoms with Gasteiger partial charge in [-0.25, -0.2) is 0 Å². The van der Waals surface area contributed by atoms with Crippen molar-refractivity contribution in [2.45, 2.75) is 12.5 Å². The number of amides is 1. The van der Waals surface area contributed by atoms with E-state index in [0.717, 1.165) is 22.4 Å². The second kappa shape index (κ2) is 4.08. The minimum absolute atomic E-state index is 0.223. The van der Waals surface area contributed by atoms with Crippen LogP contribution >= 0.6 is 11.6 Å². The highest BCUT2D eigenvalue weighted by atomic mass is 35.5. The third-order valence-electron chi connectivity index (χ3n) is 3.58. The van der Waals surface area contributed by atoms with Crippen LogP contribution in [0.2, 0.25) is 5.02 Å². The Balaban J connectivity index is 2.28. The van der Waals surface area contributed by atoms with Crippen LogP contribution in [0.3, 0.4) is 0 Å². The molecule has 2 aromatic carbocycles. The number of anilines is 1. The summed E-state index contributed by atoms with van der Waals surface area (Å²) in [6.45, 7) is 1.94. The molecule has 3 rings (SSSR count). The van der Waals surface area contributed by atoms with Crippen LogP contribution in [0, 0.1) is 6.92 Å². The maximum absolute atomic E-state index is 12.3. The molecule has 0 radical (unpaired) electrons. The molecular weight excluding hydrogens is 260 g/mol. The van der Waals surface area contributed by atoms with Crippen molar-refractivity contribution in [3.8, 4) is 0 Å². The monoisotopic (exact) mass is 272 g/mol. The minimum atomic E-state index is -1.18. The number of nitrogens with one attached hydrogen (secondary N) is 1. The first-order valence-corrected chi connectivity index (χ1v) is 6.38. The van der Waals surface area contributed by atoms with Gasteiger partial charge in [0.15, 0.2) is 0 Å². The van der Waals surface area contributed by atoms with Crippen LogP contribution in [0.5, 0.6) is 0 Å². The van der Waals surface area contributed by atoms with E-state index in [1.807, 2.05) is 31.2 Å². The standard InChI is InChI=1S/C15H13ClN2O/c1-9-4-2-3-5-11(9)15(17)12-8-10(16)6-7-13(12)18-14(15)19/h2-8H,17H2,1H3,(H,18,19). The Morgan fingerprint density at radius 1 is 1.16 bits per heavy atom. The number of hydrogen-bond donors (Lipinski definition) is 2. The fraction of sp³-hybridized carbons (Fsp3) is 0.133. The number of carbonyl (C=O) groups is 1. The molecule has 19 heavy (non-hydrogen) atoms. The van der Waals surface area contributed by atoms with Gasteiger partial charge in [0.25, 0.3) is 5.91 Å². The van der Waals surface area contributed by atoms with Crippen molar-refractivity contribution in [2.75, 3.05) is 5.32 Å². The van der Waals surface area contributed by atoms with Crippen molar-refractivity contribution >= 4 is 23.2 Å². The van der Waals surface area contributed by atoms with E-state index in [2.05, 4.69) is 5.32 Å². The molecule has 0 saturated heterocycles. The highest BCUT2D eigenvalue weighted by Gasteiger charge is 2.45. The summed E-state index contributed by atoms with van der Waals surface area (Å²) < 4.78 is 0. The zero-order chi connectivity index (χ0) is 13.6. The van der Waals surface area contributed by atoms with Crippen LogP contribution in [0.1, 0.15) is 16.7 Å². The van der Waals surface area contributed by atoms with Crippen molar-refractivity contribution < 1.29 is 4.79 Å². The molecule has 1 amide bonds. The first-order chi connectivity index (χ1) is 9.03. The normalized spacial score (nSPS) is 21.1. The molecule has 4 heteroatoms. The van der Waals surface area contributed by atoms with Crippen molar-refractivity contribution in [1.29, 1.82) is 0 Å². The summed E-state index contributed by atoms with van der Waals surface area (Å²) in [6.07, 6.45) is 0. The van der Waals surface area contributed by atoms with Crippen molar-refractivity contribution in [3.63, 3.8) is 0 Å². The van der Waals surface area contributed by atoms with Gasteiger partial charge in [0.2, 0.25) is 0 Å². The summed E-state index contributed by atoms with van der Waals surface area (Å²) in [5, 5.41) is 3.39. The molecule has 1 aliphatic rings. The van der Waals surface area contributed by atoms with Crippen LogP contribution in [-0.4, -0.2) is 5.91 Å². The van der Waals surface area contributed by atoms with Crippen LogP contribution in [0.15, 0.2) is 42.5 Å². The Bertz CT molecular complexity index is 684. The lowest BCUT2D eigenvalue weighted by Crippen LogP contribution is -2.45. The molecule has 0 aliphatic carbocycles. The summed E-state index contributed by atoms with van der Waals surface area (Å²) in [6, 6.07) is 12.9. The molecule has 0 saturated carbocycles. The summed E-state index contributed by atoms with van der Waals surface area (Å²) in [5.74, 6) is -0.223. The maximum atomic E-state index is 12.3. The van der Waals surface area contributed by atoms with E-state index in [1.54, 1.807) is 18.2 Å². The van der Waals surface area contributed by atoms with Gasteiger partial charge in [-0.3, -0.25) is 4.79 Å². The molecular formula is C15H13ClN2O. The molecule has 1 aliphatic heterocycles. The number of rotatable bonds is 1. The smallest absolute Gasteiger partial charge is 0.253 e. The van der Waals surface area contributed by atoms with E-state index in [9.17, 15) is 4.79 Å². The molecule has 1 atom stereocenters. The molecule has 1 heterocycles. The quantitative estimate of drug-likeness (QED) is 0.839. The zero-order valence-electron chi connectivity index (χ0n) is 10.4. The first kappa shape index (κ1) is 12.2. The number of halogens is 1. The van der Waals surface area contributed by atoms with Gasteiger partial charge >= 0.3 is 0 Å². The maximum Gasteiger partial charge on any atom is 0.253 e. The molecule has 0 fully saturated rings. The number of fused-ring (bicyclic) bond motifs is 1. The average molecular weight is 273 g/mol. The van der Waals surface area contributed by atoms with E-state index in [-0.39, 0.29) is 5.91 Å². The molecule has 3 N–H and O–H groups in total. The summed E-state index contributed by atoms with van der Waals surface area (Å²) in [5.41, 5.74) is 8.48. The lowest BCUT2D eigenvalue weighted by Gasteiger charge is -2.24. The first-order valence-electron chi connectivity index (χ1n) is 6.00. The Morgan fingerprint density at radius 2 is 1.89 bits per heavy atom. The van der Waals surface area contributed by atoms with Crippen LogP contribution in [0.25, 0.3) is 0 Å². The molecule has 0 bridgehead atoms. The van der Waals surface area contributed by atoms with Crippen LogP contribution < -0.4 is 11.1 Å². The Morgan fingerprint density at radius 3 is 2.63 bits per heavy atom. The number of nitrogens with two attached hydrogens (primary N) is 1. The predicted molar refractivity (Wildman–Crippen MR) is 76.2 cm³/mol. The van der Waals surface area contributed by atoms with Gasteiger partial charge in [0, 0.05) is 16.3 Å². The predicted octanol–water partition coefficient (Wildman–Crippen LogP) is 2.80. The largest absolute Gasteiger partial charge is 0.324 e. The molecule has 2 aromatic rings. The van der Waals surface area contributed by atoms with Crippen molar-refractivity contribution in [2.24, 2.45) is 5.73 Å². The summed E-state index contributed by atoms with van der Waals surface area (Å²) in [7, 11) is 0. The molecule has 0 aromatic heterocycles. The lowest BCUT2D eigenvalue weighted by atomic mass is 9.82. The van der Waals surface area contributed by atoms with Gasteiger partial charge in [-0.1, -0.05) is 35.9 Å². The van der Waals surface area contributed by atoms with E-state index < -0.39 is 5.54 Å². The Labute approximate surface area is 116 Å². The second-order valence-electron chi connectivity index (χ2n) is 4.77. The Hall–Kier alpha value is -1.84. The third kappa shape index (κ3) is 1.66.